The second-order valence-corrected chi connectivity index (χ2v) is 7.23. The summed E-state index contributed by atoms with van der Waals surface area (Å²) in [5.74, 6) is 1.19. The van der Waals surface area contributed by atoms with Crippen LogP contribution in [0.5, 0.6) is 11.5 Å². The highest BCUT2D eigenvalue weighted by Crippen LogP contribution is 2.32. The van der Waals surface area contributed by atoms with Crippen molar-refractivity contribution in [3.05, 3.63) is 82.6 Å². The SMILES string of the molecule is O=C(Cc1ccc(-c2n[nH]c(=O)c3ccccc23)cc1)Nc1ccc2c(c1)OCCO2. The Balaban J connectivity index is 1.31. The fraction of sp³-hybridized carbons (Fsp3) is 0.125. The van der Waals surface area contributed by atoms with Crippen LogP contribution in [0.4, 0.5) is 5.69 Å². The number of hydrogen-bond acceptors (Lipinski definition) is 5. The largest absolute Gasteiger partial charge is 0.486 e. The molecule has 1 aliphatic rings. The Hall–Kier alpha value is -4.13. The van der Waals surface area contributed by atoms with Crippen LogP contribution in [0, 0.1) is 0 Å². The number of hydrogen-bond donors (Lipinski definition) is 2. The molecular formula is C24H19N3O4. The second kappa shape index (κ2) is 7.95. The van der Waals surface area contributed by atoms with Gasteiger partial charge in [0.05, 0.1) is 17.5 Å². The molecular weight excluding hydrogens is 394 g/mol. The highest BCUT2D eigenvalue weighted by atomic mass is 16.6. The molecule has 2 N–H and O–H groups in total. The molecule has 154 valence electrons. The summed E-state index contributed by atoms with van der Waals surface area (Å²) in [5.41, 5.74) is 2.88. The van der Waals surface area contributed by atoms with E-state index in [-0.39, 0.29) is 17.9 Å². The zero-order valence-electron chi connectivity index (χ0n) is 16.6. The van der Waals surface area contributed by atoms with Gasteiger partial charge in [0.1, 0.15) is 13.2 Å². The number of carbonyl (C=O) groups is 1. The van der Waals surface area contributed by atoms with Crippen LogP contribution >= 0.6 is 0 Å². The Labute approximate surface area is 177 Å². The third kappa shape index (κ3) is 3.85. The predicted octanol–water partition coefficient (Wildman–Crippen LogP) is 3.54. The maximum Gasteiger partial charge on any atom is 0.272 e. The molecule has 0 unspecified atom stereocenters. The van der Waals surface area contributed by atoms with Gasteiger partial charge in [-0.05, 0) is 23.8 Å². The van der Waals surface area contributed by atoms with Gasteiger partial charge in [-0.25, -0.2) is 5.10 Å². The van der Waals surface area contributed by atoms with E-state index in [4.69, 9.17) is 9.47 Å². The normalized spacial score (nSPS) is 12.5. The molecule has 2 heterocycles. The highest BCUT2D eigenvalue weighted by molar-refractivity contribution is 5.94. The van der Waals surface area contributed by atoms with E-state index in [1.165, 1.54) is 0 Å². The van der Waals surface area contributed by atoms with Crippen LogP contribution in [0.2, 0.25) is 0 Å². The fourth-order valence-electron chi connectivity index (χ4n) is 3.63. The van der Waals surface area contributed by atoms with E-state index in [0.29, 0.717) is 41.5 Å². The van der Waals surface area contributed by atoms with Crippen molar-refractivity contribution in [3.8, 4) is 22.8 Å². The monoisotopic (exact) mass is 413 g/mol. The van der Waals surface area contributed by atoms with Crippen molar-refractivity contribution in [2.24, 2.45) is 0 Å². The lowest BCUT2D eigenvalue weighted by Gasteiger charge is -2.19. The van der Waals surface area contributed by atoms with Crippen LogP contribution in [0.25, 0.3) is 22.0 Å². The van der Waals surface area contributed by atoms with Gasteiger partial charge in [0.15, 0.2) is 11.5 Å². The summed E-state index contributed by atoms with van der Waals surface area (Å²) >= 11 is 0. The molecule has 0 saturated heterocycles. The van der Waals surface area contributed by atoms with Crippen molar-refractivity contribution >= 4 is 22.4 Å². The first-order valence-corrected chi connectivity index (χ1v) is 9.93. The maximum atomic E-state index is 12.5. The standard InChI is InChI=1S/C24H19N3O4/c28-22(25-17-9-10-20-21(14-17)31-12-11-30-20)13-15-5-7-16(8-6-15)23-18-3-1-2-4-19(18)24(29)27-26-23/h1-10,14H,11-13H2,(H,25,28)(H,27,29). The third-order valence-corrected chi connectivity index (χ3v) is 5.11. The second-order valence-electron chi connectivity index (χ2n) is 7.23. The van der Waals surface area contributed by atoms with Gasteiger partial charge >= 0.3 is 0 Å². The van der Waals surface area contributed by atoms with E-state index < -0.39 is 0 Å². The number of carbonyl (C=O) groups excluding carboxylic acids is 1. The highest BCUT2D eigenvalue weighted by Gasteiger charge is 2.13. The summed E-state index contributed by atoms with van der Waals surface area (Å²) in [6.45, 7) is 1.02. The first-order valence-electron chi connectivity index (χ1n) is 9.93. The van der Waals surface area contributed by atoms with Gasteiger partial charge in [0.25, 0.3) is 5.56 Å². The summed E-state index contributed by atoms with van der Waals surface area (Å²) in [6.07, 6.45) is 0.231. The van der Waals surface area contributed by atoms with Crippen LogP contribution in [0.1, 0.15) is 5.56 Å². The molecule has 7 nitrogen and oxygen atoms in total. The average Bonchev–Trinajstić information content (AvgIpc) is 2.80. The molecule has 0 atom stereocenters. The molecule has 1 amide bonds. The summed E-state index contributed by atoms with van der Waals surface area (Å²) < 4.78 is 11.1. The average molecular weight is 413 g/mol. The van der Waals surface area contributed by atoms with Crippen LogP contribution in [-0.4, -0.2) is 29.3 Å². The summed E-state index contributed by atoms with van der Waals surface area (Å²) in [4.78, 5) is 24.5. The van der Waals surface area contributed by atoms with Crippen molar-refractivity contribution in [3.63, 3.8) is 0 Å². The van der Waals surface area contributed by atoms with Gasteiger partial charge in [-0.1, -0.05) is 42.5 Å². The van der Waals surface area contributed by atoms with Gasteiger partial charge in [0.2, 0.25) is 5.91 Å². The number of aromatic amines is 1. The van der Waals surface area contributed by atoms with Crippen molar-refractivity contribution in [1.82, 2.24) is 10.2 Å². The van der Waals surface area contributed by atoms with Gasteiger partial charge in [-0.15, -0.1) is 0 Å². The quantitative estimate of drug-likeness (QED) is 0.534. The number of amides is 1. The third-order valence-electron chi connectivity index (χ3n) is 5.11. The minimum Gasteiger partial charge on any atom is -0.486 e. The Kier molecular flexibility index (Phi) is 4.84. The smallest absolute Gasteiger partial charge is 0.272 e. The van der Waals surface area contributed by atoms with Crippen molar-refractivity contribution in [1.29, 1.82) is 0 Å². The topological polar surface area (TPSA) is 93.3 Å². The van der Waals surface area contributed by atoms with Crippen LogP contribution in [0.15, 0.2) is 71.5 Å². The molecule has 31 heavy (non-hydrogen) atoms. The first kappa shape index (κ1) is 18.9. The molecule has 0 spiro atoms. The Morgan fingerprint density at radius 2 is 1.68 bits per heavy atom. The number of benzene rings is 3. The van der Waals surface area contributed by atoms with Crippen molar-refractivity contribution < 1.29 is 14.3 Å². The zero-order chi connectivity index (χ0) is 21.2. The molecule has 1 aliphatic heterocycles. The molecule has 1 aromatic heterocycles. The molecule has 0 aliphatic carbocycles. The van der Waals surface area contributed by atoms with Crippen LogP contribution in [-0.2, 0) is 11.2 Å². The van der Waals surface area contributed by atoms with Gasteiger partial charge < -0.3 is 14.8 Å². The first-order chi connectivity index (χ1) is 15.2. The van der Waals surface area contributed by atoms with E-state index in [9.17, 15) is 9.59 Å². The van der Waals surface area contributed by atoms with E-state index in [2.05, 4.69) is 15.5 Å². The van der Waals surface area contributed by atoms with E-state index in [0.717, 1.165) is 16.5 Å². The van der Waals surface area contributed by atoms with E-state index in [1.807, 2.05) is 42.5 Å². The number of nitrogens with one attached hydrogen (secondary N) is 2. The summed E-state index contributed by atoms with van der Waals surface area (Å²) in [6, 6.07) is 20.3. The Morgan fingerprint density at radius 3 is 2.48 bits per heavy atom. The minimum atomic E-state index is -0.216. The van der Waals surface area contributed by atoms with Crippen LogP contribution < -0.4 is 20.3 Å². The predicted molar refractivity (Wildman–Crippen MR) is 118 cm³/mol. The Morgan fingerprint density at radius 1 is 0.935 bits per heavy atom. The Bertz CT molecular complexity index is 1330. The number of rotatable bonds is 4. The maximum absolute atomic E-state index is 12.5. The number of aromatic nitrogens is 2. The minimum absolute atomic E-state index is 0.128. The van der Waals surface area contributed by atoms with Gasteiger partial charge in [-0.2, -0.15) is 5.10 Å². The number of fused-ring (bicyclic) bond motifs is 2. The van der Waals surface area contributed by atoms with Crippen molar-refractivity contribution in [2.45, 2.75) is 6.42 Å². The van der Waals surface area contributed by atoms with Gasteiger partial charge in [0, 0.05) is 22.7 Å². The number of ether oxygens (including phenoxy) is 2. The molecule has 3 aromatic carbocycles. The van der Waals surface area contributed by atoms with Crippen LogP contribution in [0.3, 0.4) is 0 Å². The molecule has 0 saturated carbocycles. The lowest BCUT2D eigenvalue weighted by Crippen LogP contribution is -2.17. The van der Waals surface area contributed by atoms with Gasteiger partial charge in [-0.3, -0.25) is 9.59 Å². The van der Waals surface area contributed by atoms with Crippen molar-refractivity contribution in [2.75, 3.05) is 18.5 Å². The molecule has 0 fully saturated rings. The molecule has 4 aromatic rings. The summed E-state index contributed by atoms with van der Waals surface area (Å²) in [5, 5.41) is 11.0. The summed E-state index contributed by atoms with van der Waals surface area (Å²) in [7, 11) is 0. The zero-order valence-corrected chi connectivity index (χ0v) is 16.6. The lowest BCUT2D eigenvalue weighted by atomic mass is 10.0. The van der Waals surface area contributed by atoms with E-state index >= 15 is 0 Å². The number of H-pyrrole nitrogens is 1. The lowest BCUT2D eigenvalue weighted by molar-refractivity contribution is -0.115. The van der Waals surface area contributed by atoms with E-state index in [1.54, 1.807) is 24.3 Å². The molecule has 0 radical (unpaired) electrons. The molecule has 7 heteroatoms. The number of anilines is 1. The molecule has 5 rings (SSSR count). The fourth-order valence-corrected chi connectivity index (χ4v) is 3.63. The number of nitrogens with zero attached hydrogens (tertiary/aromatic N) is 1. The molecule has 0 bridgehead atoms.